The maximum Gasteiger partial charge on any atom is 0.273 e. The van der Waals surface area contributed by atoms with Gasteiger partial charge in [0.15, 0.2) is 0 Å². The van der Waals surface area contributed by atoms with E-state index in [0.717, 1.165) is 18.9 Å². The van der Waals surface area contributed by atoms with Crippen LogP contribution < -0.4 is 4.74 Å². The van der Waals surface area contributed by atoms with E-state index in [1.165, 1.54) is 23.5 Å². The highest BCUT2D eigenvalue weighted by Crippen LogP contribution is 2.33. The van der Waals surface area contributed by atoms with Crippen molar-refractivity contribution in [3.8, 4) is 5.75 Å². The minimum absolute atomic E-state index is 0.00157. The molecule has 20 heavy (non-hydrogen) atoms. The van der Waals surface area contributed by atoms with Crippen LogP contribution in [0.15, 0.2) is 23.1 Å². The quantitative estimate of drug-likeness (QED) is 0.624. The average Bonchev–Trinajstić information content (AvgIpc) is 2.84. The fourth-order valence-electron chi connectivity index (χ4n) is 2.37. The van der Waals surface area contributed by atoms with Gasteiger partial charge in [-0.3, -0.25) is 10.1 Å². The lowest BCUT2D eigenvalue weighted by molar-refractivity contribution is -0.385. The van der Waals surface area contributed by atoms with E-state index in [-0.39, 0.29) is 22.4 Å². The van der Waals surface area contributed by atoms with Crippen molar-refractivity contribution in [2.24, 2.45) is 0 Å². The van der Waals surface area contributed by atoms with Crippen LogP contribution in [0.25, 0.3) is 0 Å². The van der Waals surface area contributed by atoms with Gasteiger partial charge in [-0.05, 0) is 25.8 Å². The summed E-state index contributed by atoms with van der Waals surface area (Å²) < 4.78 is 31.6. The normalized spacial score (nSPS) is 20.0. The first kappa shape index (κ1) is 14.7. The average molecular weight is 300 g/mol. The van der Waals surface area contributed by atoms with Crippen LogP contribution in [0.5, 0.6) is 5.75 Å². The lowest BCUT2D eigenvalue weighted by Crippen LogP contribution is -2.33. The number of non-ortho nitro benzene ring substituents is 1. The van der Waals surface area contributed by atoms with Crippen LogP contribution in [-0.2, 0) is 10.0 Å². The number of benzene rings is 1. The van der Waals surface area contributed by atoms with E-state index in [2.05, 4.69) is 0 Å². The summed E-state index contributed by atoms with van der Waals surface area (Å²) in [5, 5.41) is 10.7. The molecular formula is C12H16N2O5S. The van der Waals surface area contributed by atoms with Crippen LogP contribution in [0, 0.1) is 10.1 Å². The molecule has 1 aromatic carbocycles. The van der Waals surface area contributed by atoms with Crippen LogP contribution in [0.2, 0.25) is 0 Å². The number of methoxy groups -OCH3 is 1. The second kappa shape index (κ2) is 5.37. The van der Waals surface area contributed by atoms with Gasteiger partial charge in [-0.25, -0.2) is 8.42 Å². The van der Waals surface area contributed by atoms with Crippen LogP contribution in [0.3, 0.4) is 0 Å². The Morgan fingerprint density at radius 1 is 1.45 bits per heavy atom. The fraction of sp³-hybridized carbons (Fsp3) is 0.500. The molecule has 1 aromatic rings. The van der Waals surface area contributed by atoms with Crippen LogP contribution >= 0.6 is 0 Å². The Morgan fingerprint density at radius 3 is 2.65 bits per heavy atom. The summed E-state index contributed by atoms with van der Waals surface area (Å²) in [7, 11) is -2.39. The summed E-state index contributed by atoms with van der Waals surface area (Å²) in [6.45, 7) is 2.31. The standard InChI is InChI=1S/C12H16N2O5S/c1-9-4-3-7-13(9)20(17,18)12-6-5-10(14(15)16)8-11(12)19-2/h5-6,8-9H,3-4,7H2,1-2H3/t9-/m1/s1. The highest BCUT2D eigenvalue weighted by Gasteiger charge is 2.35. The molecule has 0 spiro atoms. The summed E-state index contributed by atoms with van der Waals surface area (Å²) in [6.07, 6.45) is 1.63. The van der Waals surface area contributed by atoms with Crippen molar-refractivity contribution < 1.29 is 18.1 Å². The van der Waals surface area contributed by atoms with Crippen molar-refractivity contribution in [2.75, 3.05) is 13.7 Å². The fourth-order valence-corrected chi connectivity index (χ4v) is 4.21. The molecule has 0 N–H and O–H groups in total. The van der Waals surface area contributed by atoms with Crippen molar-refractivity contribution in [3.05, 3.63) is 28.3 Å². The van der Waals surface area contributed by atoms with E-state index in [1.807, 2.05) is 6.92 Å². The smallest absolute Gasteiger partial charge is 0.273 e. The van der Waals surface area contributed by atoms with E-state index in [4.69, 9.17) is 4.74 Å². The number of nitrogens with zero attached hydrogens (tertiary/aromatic N) is 2. The number of ether oxygens (including phenoxy) is 1. The Labute approximate surface area is 117 Å². The van der Waals surface area contributed by atoms with E-state index in [9.17, 15) is 18.5 Å². The van der Waals surface area contributed by atoms with Gasteiger partial charge in [0.25, 0.3) is 5.69 Å². The lowest BCUT2D eigenvalue weighted by atomic mass is 10.3. The first-order valence-electron chi connectivity index (χ1n) is 6.22. The molecule has 1 heterocycles. The van der Waals surface area contributed by atoms with Gasteiger partial charge in [0.1, 0.15) is 10.6 Å². The maximum atomic E-state index is 12.6. The van der Waals surface area contributed by atoms with Crippen molar-refractivity contribution >= 4 is 15.7 Å². The summed E-state index contributed by atoms with van der Waals surface area (Å²) in [5.74, 6) is -0.00157. The van der Waals surface area contributed by atoms with Crippen molar-refractivity contribution in [2.45, 2.75) is 30.7 Å². The molecule has 0 radical (unpaired) electrons. The van der Waals surface area contributed by atoms with E-state index >= 15 is 0 Å². The minimum Gasteiger partial charge on any atom is -0.495 e. The molecule has 0 aromatic heterocycles. The van der Waals surface area contributed by atoms with Gasteiger partial charge >= 0.3 is 0 Å². The number of hydrogen-bond acceptors (Lipinski definition) is 5. The third kappa shape index (κ3) is 2.48. The molecule has 1 aliphatic heterocycles. The molecule has 2 rings (SSSR count). The summed E-state index contributed by atoms with van der Waals surface area (Å²) in [6, 6.07) is 3.47. The van der Waals surface area contributed by atoms with E-state index < -0.39 is 14.9 Å². The molecular weight excluding hydrogens is 284 g/mol. The Kier molecular flexibility index (Phi) is 3.96. The topological polar surface area (TPSA) is 89.7 Å². The van der Waals surface area contributed by atoms with Crippen LogP contribution in [0.4, 0.5) is 5.69 Å². The van der Waals surface area contributed by atoms with Gasteiger partial charge in [0, 0.05) is 18.7 Å². The minimum atomic E-state index is -3.69. The second-order valence-electron chi connectivity index (χ2n) is 4.70. The van der Waals surface area contributed by atoms with Gasteiger partial charge in [-0.2, -0.15) is 4.31 Å². The number of nitro benzene ring substituents is 1. The largest absolute Gasteiger partial charge is 0.495 e. The third-order valence-corrected chi connectivity index (χ3v) is 5.49. The molecule has 0 aliphatic carbocycles. The van der Waals surface area contributed by atoms with Gasteiger partial charge in [-0.15, -0.1) is 0 Å². The van der Waals surface area contributed by atoms with E-state index in [1.54, 1.807) is 0 Å². The SMILES string of the molecule is COc1cc([N+](=O)[O-])ccc1S(=O)(=O)N1CCC[C@H]1C. The van der Waals surface area contributed by atoms with Crippen molar-refractivity contribution in [1.29, 1.82) is 0 Å². The molecule has 1 aliphatic rings. The van der Waals surface area contributed by atoms with Crippen LogP contribution in [0.1, 0.15) is 19.8 Å². The van der Waals surface area contributed by atoms with Crippen molar-refractivity contribution in [1.82, 2.24) is 4.31 Å². The molecule has 0 saturated carbocycles. The first-order valence-corrected chi connectivity index (χ1v) is 7.66. The molecule has 1 saturated heterocycles. The van der Waals surface area contributed by atoms with Crippen LogP contribution in [-0.4, -0.2) is 37.3 Å². The second-order valence-corrected chi connectivity index (χ2v) is 6.56. The zero-order valence-electron chi connectivity index (χ0n) is 11.3. The van der Waals surface area contributed by atoms with Gasteiger partial charge in [-0.1, -0.05) is 0 Å². The summed E-state index contributed by atoms with van der Waals surface area (Å²) in [5.41, 5.74) is -0.199. The highest BCUT2D eigenvalue weighted by molar-refractivity contribution is 7.89. The molecule has 0 amide bonds. The molecule has 1 atom stereocenters. The zero-order chi connectivity index (χ0) is 14.9. The molecule has 1 fully saturated rings. The third-order valence-electron chi connectivity index (χ3n) is 3.44. The zero-order valence-corrected chi connectivity index (χ0v) is 12.1. The number of hydrogen-bond donors (Lipinski definition) is 0. The van der Waals surface area contributed by atoms with Gasteiger partial charge < -0.3 is 4.74 Å². The molecule has 7 nitrogen and oxygen atoms in total. The lowest BCUT2D eigenvalue weighted by Gasteiger charge is -2.21. The van der Waals surface area contributed by atoms with Crippen molar-refractivity contribution in [3.63, 3.8) is 0 Å². The van der Waals surface area contributed by atoms with Gasteiger partial charge in [0.05, 0.1) is 18.1 Å². The summed E-state index contributed by atoms with van der Waals surface area (Å²) in [4.78, 5) is 10.1. The number of rotatable bonds is 4. The van der Waals surface area contributed by atoms with Gasteiger partial charge in [0.2, 0.25) is 10.0 Å². The monoisotopic (exact) mass is 300 g/mol. The maximum absolute atomic E-state index is 12.6. The molecule has 8 heteroatoms. The first-order chi connectivity index (χ1) is 9.37. The Hall–Kier alpha value is -1.67. The molecule has 0 unspecified atom stereocenters. The number of nitro groups is 1. The Bertz CT molecular complexity index is 629. The molecule has 110 valence electrons. The predicted molar refractivity (Wildman–Crippen MR) is 72.2 cm³/mol. The predicted octanol–water partition coefficient (Wildman–Crippen LogP) is 1.78. The summed E-state index contributed by atoms with van der Waals surface area (Å²) >= 11 is 0. The molecule has 0 bridgehead atoms. The number of sulfonamides is 1. The Morgan fingerprint density at radius 2 is 2.15 bits per heavy atom. The highest BCUT2D eigenvalue weighted by atomic mass is 32.2. The Balaban J connectivity index is 2.49. The van der Waals surface area contributed by atoms with E-state index in [0.29, 0.717) is 6.54 Å².